The van der Waals surface area contributed by atoms with Gasteiger partial charge in [0.15, 0.2) is 11.5 Å². The van der Waals surface area contributed by atoms with Crippen LogP contribution in [0.1, 0.15) is 40.0 Å². The first-order chi connectivity index (χ1) is 10.9. The number of hydrogen-bond acceptors (Lipinski definition) is 3. The lowest BCUT2D eigenvalue weighted by Gasteiger charge is -2.40. The van der Waals surface area contributed by atoms with E-state index in [0.717, 1.165) is 6.42 Å². The van der Waals surface area contributed by atoms with Gasteiger partial charge in [-0.1, -0.05) is 32.9 Å². The van der Waals surface area contributed by atoms with Crippen LogP contribution >= 0.6 is 0 Å². The Bertz CT molecular complexity index is 641. The number of hydrogen-bond donors (Lipinski definition) is 1. The molecule has 0 spiro atoms. The van der Waals surface area contributed by atoms with Crippen LogP contribution < -0.4 is 14.8 Å². The zero-order valence-electron chi connectivity index (χ0n) is 14.1. The van der Waals surface area contributed by atoms with Gasteiger partial charge in [0.05, 0.1) is 0 Å². The summed E-state index contributed by atoms with van der Waals surface area (Å²) in [4.78, 5) is 12.7. The van der Waals surface area contributed by atoms with Crippen molar-refractivity contribution >= 4 is 5.91 Å². The smallest absolute Gasteiger partial charge is 0.264 e. The highest BCUT2D eigenvalue weighted by Gasteiger charge is 2.61. The fourth-order valence-corrected chi connectivity index (χ4v) is 4.84. The Kier molecular flexibility index (Phi) is 3.16. The van der Waals surface area contributed by atoms with Gasteiger partial charge >= 0.3 is 0 Å². The number of ether oxygens (including phenoxy) is 2. The van der Waals surface area contributed by atoms with Crippen molar-refractivity contribution in [2.24, 2.45) is 16.7 Å². The summed E-state index contributed by atoms with van der Waals surface area (Å²) < 4.78 is 11.5. The van der Waals surface area contributed by atoms with E-state index in [2.05, 4.69) is 26.1 Å². The van der Waals surface area contributed by atoms with Gasteiger partial charge in [-0.15, -0.1) is 0 Å². The predicted octanol–water partition coefficient (Wildman–Crippen LogP) is 3.16. The summed E-state index contributed by atoms with van der Waals surface area (Å²) >= 11 is 0. The lowest BCUT2D eigenvalue weighted by atomic mass is 9.69. The fourth-order valence-electron chi connectivity index (χ4n) is 4.84. The number of fused-ring (bicyclic) bond motifs is 3. The Morgan fingerprint density at radius 2 is 1.96 bits per heavy atom. The highest BCUT2D eigenvalue weighted by atomic mass is 16.6. The molecule has 2 saturated carbocycles. The third-order valence-corrected chi connectivity index (χ3v) is 6.91. The molecule has 2 aliphatic carbocycles. The molecule has 0 radical (unpaired) electrons. The second kappa shape index (κ2) is 4.89. The molecular weight excluding hydrogens is 290 g/mol. The van der Waals surface area contributed by atoms with Gasteiger partial charge < -0.3 is 14.8 Å². The normalized spacial score (nSPS) is 36.7. The third kappa shape index (κ3) is 2.07. The number of carbonyl (C=O) groups excluding carboxylic acids is 1. The van der Waals surface area contributed by atoms with E-state index in [9.17, 15) is 4.79 Å². The van der Waals surface area contributed by atoms with Crippen molar-refractivity contribution < 1.29 is 14.3 Å². The molecule has 1 heterocycles. The fraction of sp³-hybridized carbons (Fsp3) is 0.632. The molecule has 1 amide bonds. The summed E-state index contributed by atoms with van der Waals surface area (Å²) in [5.74, 6) is 2.03. The first-order valence-electron chi connectivity index (χ1n) is 8.61. The van der Waals surface area contributed by atoms with Crippen molar-refractivity contribution in [2.75, 3.05) is 6.61 Å². The minimum atomic E-state index is -0.560. The molecule has 2 fully saturated rings. The molecule has 0 aromatic heterocycles. The average Bonchev–Trinajstić information content (AvgIpc) is 2.87. The zero-order valence-corrected chi connectivity index (χ0v) is 14.1. The number of carbonyl (C=O) groups is 1. The van der Waals surface area contributed by atoms with Crippen LogP contribution in [0.5, 0.6) is 11.5 Å². The van der Waals surface area contributed by atoms with E-state index < -0.39 is 6.10 Å². The van der Waals surface area contributed by atoms with E-state index in [1.807, 2.05) is 24.3 Å². The molecule has 3 aliphatic rings. The van der Waals surface area contributed by atoms with Gasteiger partial charge in [-0.2, -0.15) is 0 Å². The number of para-hydroxylation sites is 2. The van der Waals surface area contributed by atoms with Crippen molar-refractivity contribution in [1.29, 1.82) is 0 Å². The first kappa shape index (κ1) is 14.9. The van der Waals surface area contributed by atoms with Gasteiger partial charge in [0.1, 0.15) is 6.61 Å². The van der Waals surface area contributed by atoms with Gasteiger partial charge in [0.2, 0.25) is 6.10 Å². The first-order valence-corrected chi connectivity index (χ1v) is 8.61. The molecular formula is C19H25NO3. The molecule has 0 saturated heterocycles. The van der Waals surface area contributed by atoms with Crippen LogP contribution in [0.25, 0.3) is 0 Å². The average molecular weight is 315 g/mol. The largest absolute Gasteiger partial charge is 0.485 e. The molecule has 1 aromatic rings. The minimum Gasteiger partial charge on any atom is -0.485 e. The van der Waals surface area contributed by atoms with Gasteiger partial charge in [0.25, 0.3) is 5.91 Å². The van der Waals surface area contributed by atoms with Crippen molar-refractivity contribution in [3.8, 4) is 11.5 Å². The minimum absolute atomic E-state index is 0.0471. The van der Waals surface area contributed by atoms with Crippen LogP contribution in [0, 0.1) is 16.7 Å². The molecule has 4 heteroatoms. The summed E-state index contributed by atoms with van der Waals surface area (Å²) in [6.07, 6.45) is 3.00. The summed E-state index contributed by atoms with van der Waals surface area (Å²) in [5.41, 5.74) is 0.474. The molecule has 1 aliphatic heterocycles. The lowest BCUT2D eigenvalue weighted by molar-refractivity contribution is -0.132. The van der Waals surface area contributed by atoms with Crippen LogP contribution in [-0.2, 0) is 4.79 Å². The second-order valence-corrected chi connectivity index (χ2v) is 8.04. The Morgan fingerprint density at radius 3 is 2.61 bits per heavy atom. The molecule has 4 atom stereocenters. The SMILES string of the molecule is CC1(C)[C@H]2CC[C@]1(C)[C@H](NC(=O)[C@@H]1COc3ccccc3O1)C2. The third-order valence-electron chi connectivity index (χ3n) is 6.91. The van der Waals surface area contributed by atoms with Crippen molar-refractivity contribution in [3.63, 3.8) is 0 Å². The maximum atomic E-state index is 12.7. The van der Waals surface area contributed by atoms with Crippen molar-refractivity contribution in [2.45, 2.75) is 52.2 Å². The molecule has 4 nitrogen and oxygen atoms in total. The van der Waals surface area contributed by atoms with Gasteiger partial charge in [-0.3, -0.25) is 4.79 Å². The Morgan fingerprint density at radius 1 is 1.22 bits per heavy atom. The van der Waals surface area contributed by atoms with Gasteiger partial charge in [-0.05, 0) is 48.1 Å². The molecule has 2 bridgehead atoms. The van der Waals surface area contributed by atoms with E-state index >= 15 is 0 Å². The van der Waals surface area contributed by atoms with Crippen LogP contribution in [-0.4, -0.2) is 24.7 Å². The van der Waals surface area contributed by atoms with Crippen molar-refractivity contribution in [1.82, 2.24) is 5.32 Å². The molecule has 4 rings (SSSR count). The number of amides is 1. The van der Waals surface area contributed by atoms with E-state index in [1.165, 1.54) is 12.8 Å². The molecule has 1 N–H and O–H groups in total. The summed E-state index contributed by atoms with van der Waals surface area (Å²) in [6.45, 7) is 7.32. The molecule has 23 heavy (non-hydrogen) atoms. The van der Waals surface area contributed by atoms with Crippen LogP contribution in [0.2, 0.25) is 0 Å². The van der Waals surface area contributed by atoms with Gasteiger partial charge in [-0.25, -0.2) is 0 Å². The maximum absolute atomic E-state index is 12.7. The van der Waals surface area contributed by atoms with E-state index in [-0.39, 0.29) is 24.0 Å². The Hall–Kier alpha value is -1.71. The van der Waals surface area contributed by atoms with E-state index in [4.69, 9.17) is 9.47 Å². The van der Waals surface area contributed by atoms with Gasteiger partial charge in [0, 0.05) is 6.04 Å². The molecule has 124 valence electrons. The van der Waals surface area contributed by atoms with Crippen LogP contribution in [0.4, 0.5) is 0 Å². The van der Waals surface area contributed by atoms with Crippen LogP contribution in [0.3, 0.4) is 0 Å². The van der Waals surface area contributed by atoms with E-state index in [1.54, 1.807) is 0 Å². The standard InChI is InChI=1S/C19H25NO3/c1-18(2)12-8-9-19(18,3)16(10-12)20-17(21)15-11-22-13-6-4-5-7-14(13)23-15/h4-7,12,15-16H,8-11H2,1-3H3,(H,20,21)/t12-,15-,16+,19+/m0/s1. The maximum Gasteiger partial charge on any atom is 0.264 e. The van der Waals surface area contributed by atoms with E-state index in [0.29, 0.717) is 22.8 Å². The molecule has 0 unspecified atom stereocenters. The summed E-state index contributed by atoms with van der Waals surface area (Å²) in [7, 11) is 0. The summed E-state index contributed by atoms with van der Waals surface area (Å²) in [5, 5.41) is 3.26. The zero-order chi connectivity index (χ0) is 16.2. The Balaban J connectivity index is 1.46. The number of nitrogens with one attached hydrogen (secondary N) is 1. The second-order valence-electron chi connectivity index (χ2n) is 8.04. The predicted molar refractivity (Wildman–Crippen MR) is 87.5 cm³/mol. The Labute approximate surface area is 137 Å². The number of benzene rings is 1. The topological polar surface area (TPSA) is 47.6 Å². The highest BCUT2D eigenvalue weighted by molar-refractivity contribution is 5.82. The van der Waals surface area contributed by atoms with Crippen molar-refractivity contribution in [3.05, 3.63) is 24.3 Å². The summed E-state index contributed by atoms with van der Waals surface area (Å²) in [6, 6.07) is 7.74. The lowest BCUT2D eigenvalue weighted by Crippen LogP contribution is -2.52. The monoisotopic (exact) mass is 315 g/mol. The van der Waals surface area contributed by atoms with Crippen LogP contribution in [0.15, 0.2) is 24.3 Å². The highest BCUT2D eigenvalue weighted by Crippen LogP contribution is 2.65. The quantitative estimate of drug-likeness (QED) is 0.912. The number of rotatable bonds is 2. The molecule has 1 aromatic carbocycles.